The molecule has 43 heavy (non-hydrogen) atoms. The Hall–Kier alpha value is -3.64. The highest BCUT2D eigenvalue weighted by molar-refractivity contribution is 6.58. The van der Waals surface area contributed by atoms with Gasteiger partial charge >= 0.3 is 13.3 Å². The van der Waals surface area contributed by atoms with Crippen molar-refractivity contribution in [1.29, 1.82) is 0 Å². The van der Waals surface area contributed by atoms with Crippen LogP contribution in [-0.2, 0) is 27.0 Å². The Morgan fingerprint density at radius 3 is 2.09 bits per heavy atom. The zero-order valence-electron chi connectivity index (χ0n) is 23.5. The van der Waals surface area contributed by atoms with Crippen LogP contribution < -0.4 is 33.3 Å². The maximum Gasteiger partial charge on any atom is 0.491 e. The molecule has 0 fully saturated rings. The number of alkyl halides is 3. The van der Waals surface area contributed by atoms with Crippen LogP contribution in [0.25, 0.3) is 0 Å². The standard InChI is InChI=1S/C17H27BF2N6O5.C9H9F3/c19-12-8-10(7-11(16(12)20)18(30)31)25-14(27)9-24-17(29)13(23)1-2-15(28)26(5-3-21)6-4-22;1-2-7-3-5-8(6-4-7)9(10,11)12/h7-8,13,30-31H,1-6,9,21-23H2,(H,24,29)(H,25,27);3-6H,2H2,1H3. The van der Waals surface area contributed by atoms with Gasteiger partial charge in [-0.05, 0) is 36.6 Å². The summed E-state index contributed by atoms with van der Waals surface area (Å²) in [6.07, 6.45) is -3.44. The molecule has 10 N–H and O–H groups in total. The van der Waals surface area contributed by atoms with Gasteiger partial charge in [-0.2, -0.15) is 13.2 Å². The van der Waals surface area contributed by atoms with E-state index in [0.717, 1.165) is 30.2 Å². The van der Waals surface area contributed by atoms with Crippen LogP contribution in [0.3, 0.4) is 0 Å². The molecule has 2 aromatic carbocycles. The molecule has 0 aliphatic carbocycles. The molecular formula is C26H36BF5N6O5. The molecule has 0 radical (unpaired) electrons. The lowest BCUT2D eigenvalue weighted by atomic mass is 9.79. The third-order valence-corrected chi connectivity index (χ3v) is 5.89. The van der Waals surface area contributed by atoms with Crippen LogP contribution in [0.1, 0.15) is 30.9 Å². The first kappa shape index (κ1) is 37.4. The quantitative estimate of drug-likeness (QED) is 0.119. The third-order valence-electron chi connectivity index (χ3n) is 5.89. The molecule has 3 amide bonds. The molecule has 0 saturated carbocycles. The molecule has 17 heteroatoms. The van der Waals surface area contributed by atoms with E-state index in [2.05, 4.69) is 10.6 Å². The second-order valence-electron chi connectivity index (χ2n) is 9.15. The van der Waals surface area contributed by atoms with Crippen molar-refractivity contribution in [3.05, 3.63) is 59.2 Å². The lowest BCUT2D eigenvalue weighted by Gasteiger charge is -2.22. The largest absolute Gasteiger partial charge is 0.491 e. The number of nitrogens with two attached hydrogens (primary N) is 3. The van der Waals surface area contributed by atoms with Crippen LogP contribution in [0, 0.1) is 11.6 Å². The van der Waals surface area contributed by atoms with Gasteiger partial charge in [0.1, 0.15) is 0 Å². The van der Waals surface area contributed by atoms with E-state index in [1.807, 2.05) is 6.92 Å². The van der Waals surface area contributed by atoms with Gasteiger partial charge in [0.25, 0.3) is 0 Å². The van der Waals surface area contributed by atoms with Crippen molar-refractivity contribution < 1.29 is 46.4 Å². The van der Waals surface area contributed by atoms with Crippen molar-refractivity contribution in [3.63, 3.8) is 0 Å². The lowest BCUT2D eigenvalue weighted by Crippen LogP contribution is -2.45. The first-order valence-corrected chi connectivity index (χ1v) is 13.2. The molecule has 0 heterocycles. The second kappa shape index (κ2) is 18.1. The number of anilines is 1. The molecule has 238 valence electrons. The first-order chi connectivity index (χ1) is 20.1. The minimum Gasteiger partial charge on any atom is -0.423 e. The van der Waals surface area contributed by atoms with Crippen LogP contribution >= 0.6 is 0 Å². The molecule has 0 saturated heterocycles. The SMILES string of the molecule is CCc1ccc(C(F)(F)F)cc1.NCCN(CCN)C(=O)CCC(N)C(=O)NCC(=O)Nc1cc(F)c(F)c(B(O)O)c1. The predicted molar refractivity (Wildman–Crippen MR) is 151 cm³/mol. The van der Waals surface area contributed by atoms with Gasteiger partial charge in [0.2, 0.25) is 17.7 Å². The number of nitrogens with one attached hydrogen (secondary N) is 2. The summed E-state index contributed by atoms with van der Waals surface area (Å²) in [4.78, 5) is 37.5. The fraction of sp³-hybridized carbons (Fsp3) is 0.423. The average Bonchev–Trinajstić information content (AvgIpc) is 2.95. The summed E-state index contributed by atoms with van der Waals surface area (Å²) in [5.41, 5.74) is 15.9. The van der Waals surface area contributed by atoms with Crippen molar-refractivity contribution in [2.75, 3.05) is 38.0 Å². The molecule has 0 spiro atoms. The van der Waals surface area contributed by atoms with Gasteiger partial charge in [-0.15, -0.1) is 0 Å². The van der Waals surface area contributed by atoms with E-state index in [1.165, 1.54) is 17.0 Å². The Morgan fingerprint density at radius 1 is 1.02 bits per heavy atom. The van der Waals surface area contributed by atoms with Crippen LogP contribution in [0.4, 0.5) is 27.6 Å². The fourth-order valence-corrected chi connectivity index (χ4v) is 3.54. The van der Waals surface area contributed by atoms with Crippen molar-refractivity contribution in [2.45, 2.75) is 38.4 Å². The van der Waals surface area contributed by atoms with Gasteiger partial charge in [-0.1, -0.05) is 19.1 Å². The Kier molecular flexibility index (Phi) is 15.8. The number of amides is 3. The van der Waals surface area contributed by atoms with E-state index in [1.54, 1.807) is 0 Å². The smallest absolute Gasteiger partial charge is 0.423 e. The normalized spacial score (nSPS) is 11.6. The van der Waals surface area contributed by atoms with Gasteiger partial charge in [0, 0.05) is 49.8 Å². The Labute approximate surface area is 245 Å². The molecule has 2 rings (SSSR count). The van der Waals surface area contributed by atoms with E-state index >= 15 is 0 Å². The molecule has 0 aliphatic rings. The lowest BCUT2D eigenvalue weighted by molar-refractivity contribution is -0.137. The molecule has 1 unspecified atom stereocenters. The molecule has 0 bridgehead atoms. The van der Waals surface area contributed by atoms with Gasteiger partial charge in [0.05, 0.1) is 18.2 Å². The number of nitrogens with zero attached hydrogens (tertiary/aromatic N) is 1. The topological polar surface area (TPSA) is 197 Å². The Balaban J connectivity index is 0.000000639. The van der Waals surface area contributed by atoms with E-state index in [0.29, 0.717) is 19.2 Å². The Morgan fingerprint density at radius 2 is 1.60 bits per heavy atom. The fourth-order valence-electron chi connectivity index (χ4n) is 3.54. The van der Waals surface area contributed by atoms with Gasteiger partial charge in [0.15, 0.2) is 11.6 Å². The van der Waals surface area contributed by atoms with Crippen molar-refractivity contribution in [2.24, 2.45) is 17.2 Å². The van der Waals surface area contributed by atoms with Crippen molar-refractivity contribution >= 4 is 36.0 Å². The summed E-state index contributed by atoms with van der Waals surface area (Å²) in [7, 11) is -2.28. The molecule has 2 aromatic rings. The summed E-state index contributed by atoms with van der Waals surface area (Å²) in [5.74, 6) is -4.59. The molecule has 1 atom stereocenters. The van der Waals surface area contributed by atoms with E-state index < -0.39 is 60.4 Å². The maximum absolute atomic E-state index is 13.5. The summed E-state index contributed by atoms with van der Waals surface area (Å²) >= 11 is 0. The Bertz CT molecular complexity index is 1200. The summed E-state index contributed by atoms with van der Waals surface area (Å²) in [5, 5.41) is 22.5. The number of hydrogen-bond acceptors (Lipinski definition) is 8. The van der Waals surface area contributed by atoms with E-state index in [-0.39, 0.29) is 37.5 Å². The number of rotatable bonds is 13. The number of carbonyl (C=O) groups is 3. The van der Waals surface area contributed by atoms with Gasteiger partial charge in [-0.3, -0.25) is 14.4 Å². The minimum absolute atomic E-state index is 0.0120. The second-order valence-corrected chi connectivity index (χ2v) is 9.15. The number of carbonyl (C=O) groups excluding carboxylic acids is 3. The number of benzene rings is 2. The average molecular weight is 618 g/mol. The van der Waals surface area contributed by atoms with E-state index in [9.17, 15) is 36.3 Å². The first-order valence-electron chi connectivity index (χ1n) is 13.2. The van der Waals surface area contributed by atoms with Crippen LogP contribution in [-0.4, -0.2) is 78.6 Å². The molecular weight excluding hydrogens is 582 g/mol. The van der Waals surface area contributed by atoms with Crippen LogP contribution in [0.2, 0.25) is 0 Å². The van der Waals surface area contributed by atoms with E-state index in [4.69, 9.17) is 27.2 Å². The zero-order chi connectivity index (χ0) is 32.7. The summed E-state index contributed by atoms with van der Waals surface area (Å²) in [6, 6.07) is 5.65. The third kappa shape index (κ3) is 13.0. The monoisotopic (exact) mass is 618 g/mol. The molecule has 0 aliphatic heterocycles. The van der Waals surface area contributed by atoms with Gasteiger partial charge < -0.3 is 42.8 Å². The number of aryl methyl sites for hydroxylation is 1. The van der Waals surface area contributed by atoms with Crippen molar-refractivity contribution in [1.82, 2.24) is 10.2 Å². The maximum atomic E-state index is 13.5. The molecule has 11 nitrogen and oxygen atoms in total. The number of halogens is 5. The minimum atomic E-state index is -4.22. The van der Waals surface area contributed by atoms with Crippen LogP contribution in [0.15, 0.2) is 36.4 Å². The number of hydrogen-bond donors (Lipinski definition) is 7. The summed E-state index contributed by atoms with van der Waals surface area (Å²) < 4.78 is 63.0. The molecule has 0 aromatic heterocycles. The van der Waals surface area contributed by atoms with Crippen LogP contribution in [0.5, 0.6) is 0 Å². The highest BCUT2D eigenvalue weighted by atomic mass is 19.4. The predicted octanol–water partition coefficient (Wildman–Crippen LogP) is -0.179. The highest BCUT2D eigenvalue weighted by Crippen LogP contribution is 2.29. The summed E-state index contributed by atoms with van der Waals surface area (Å²) in [6.45, 7) is 2.56. The van der Waals surface area contributed by atoms with Crippen molar-refractivity contribution in [3.8, 4) is 0 Å². The zero-order valence-corrected chi connectivity index (χ0v) is 23.5. The van der Waals surface area contributed by atoms with Gasteiger partial charge in [-0.25, -0.2) is 8.78 Å². The highest BCUT2D eigenvalue weighted by Gasteiger charge is 2.29.